The number of fused-ring (bicyclic) bond motifs is 15. The molecule has 0 fully saturated rings. The Morgan fingerprint density at radius 3 is 1.90 bits per heavy atom. The molecular formula is C63H38N2OS. The lowest BCUT2D eigenvalue weighted by Gasteiger charge is -2.46. The van der Waals surface area contributed by atoms with Gasteiger partial charge in [-0.1, -0.05) is 163 Å². The maximum Gasteiger partial charge on any atom is 0.135 e. The average molecular weight is 871 g/mol. The molecule has 0 N–H and O–H groups in total. The van der Waals surface area contributed by atoms with E-state index in [0.717, 1.165) is 39.0 Å². The third kappa shape index (κ3) is 5.08. The molecule has 67 heavy (non-hydrogen) atoms. The molecule has 4 heteroatoms. The van der Waals surface area contributed by atoms with E-state index in [2.05, 4.69) is 234 Å². The second kappa shape index (κ2) is 13.9. The van der Waals surface area contributed by atoms with Crippen LogP contribution in [-0.2, 0) is 5.41 Å². The Morgan fingerprint density at radius 1 is 0.373 bits per heavy atom. The SMILES string of the molecule is c1ccc2c(c1)Sc1ccc(N(c3ccc4oc5ccccc5c4c3)c3ccc4c(c3)c3ccccc3n4-c3cccc4ccccc34)cc1C21c2ccccc2-c2cccc3cccc1c23. The first-order chi connectivity index (χ1) is 33.2. The molecule has 312 valence electrons. The molecule has 0 radical (unpaired) electrons. The molecule has 13 aromatic rings. The van der Waals surface area contributed by atoms with Crippen LogP contribution in [0.15, 0.2) is 245 Å². The molecule has 0 amide bonds. The van der Waals surface area contributed by atoms with Crippen LogP contribution in [0.3, 0.4) is 0 Å². The summed E-state index contributed by atoms with van der Waals surface area (Å²) in [6, 6.07) is 85.4. The average Bonchev–Trinajstić information content (AvgIpc) is 3.93. The number of hydrogen-bond acceptors (Lipinski definition) is 3. The van der Waals surface area contributed by atoms with Crippen molar-refractivity contribution in [3.05, 3.63) is 253 Å². The van der Waals surface area contributed by atoms with Gasteiger partial charge in [0.05, 0.1) is 22.1 Å². The summed E-state index contributed by atoms with van der Waals surface area (Å²) >= 11 is 1.88. The van der Waals surface area contributed by atoms with Gasteiger partial charge in [-0.05, 0) is 128 Å². The number of benzene rings is 11. The topological polar surface area (TPSA) is 21.3 Å². The van der Waals surface area contributed by atoms with Crippen LogP contribution >= 0.6 is 11.8 Å². The quantitative estimate of drug-likeness (QED) is 0.176. The third-order valence-corrected chi connectivity index (χ3v) is 15.8. The fourth-order valence-corrected chi connectivity index (χ4v) is 13.1. The van der Waals surface area contributed by atoms with Crippen molar-refractivity contribution in [1.29, 1.82) is 0 Å². The van der Waals surface area contributed by atoms with Gasteiger partial charge < -0.3 is 13.9 Å². The van der Waals surface area contributed by atoms with Crippen molar-refractivity contribution in [2.75, 3.05) is 4.90 Å². The van der Waals surface area contributed by atoms with Crippen molar-refractivity contribution < 1.29 is 4.42 Å². The number of rotatable bonds is 4. The van der Waals surface area contributed by atoms with Crippen LogP contribution in [0.4, 0.5) is 17.1 Å². The first kappa shape index (κ1) is 37.0. The molecule has 1 spiro atoms. The van der Waals surface area contributed by atoms with E-state index in [1.807, 2.05) is 17.8 Å². The van der Waals surface area contributed by atoms with E-state index in [0.29, 0.717) is 0 Å². The number of nitrogens with zero attached hydrogens (tertiary/aromatic N) is 2. The van der Waals surface area contributed by atoms with E-state index in [4.69, 9.17) is 4.42 Å². The third-order valence-electron chi connectivity index (χ3n) is 14.6. The second-order valence-corrected chi connectivity index (χ2v) is 19.0. The molecule has 3 nitrogen and oxygen atoms in total. The largest absolute Gasteiger partial charge is 0.456 e. The predicted octanol–water partition coefficient (Wildman–Crippen LogP) is 17.3. The van der Waals surface area contributed by atoms with Crippen molar-refractivity contribution in [3.8, 4) is 16.8 Å². The summed E-state index contributed by atoms with van der Waals surface area (Å²) in [4.78, 5) is 5.02. The first-order valence-electron chi connectivity index (χ1n) is 23.0. The van der Waals surface area contributed by atoms with Gasteiger partial charge in [0.15, 0.2) is 0 Å². The number of hydrogen-bond donors (Lipinski definition) is 0. The molecule has 0 saturated heterocycles. The van der Waals surface area contributed by atoms with Crippen LogP contribution in [0, 0.1) is 0 Å². The van der Waals surface area contributed by atoms with E-state index >= 15 is 0 Å². The highest BCUT2D eigenvalue weighted by molar-refractivity contribution is 7.99. The lowest BCUT2D eigenvalue weighted by molar-refractivity contribution is 0.669. The van der Waals surface area contributed by atoms with E-state index < -0.39 is 5.41 Å². The van der Waals surface area contributed by atoms with Gasteiger partial charge >= 0.3 is 0 Å². The number of furan rings is 1. The van der Waals surface area contributed by atoms with Gasteiger partial charge in [0.2, 0.25) is 0 Å². The summed E-state index contributed by atoms with van der Waals surface area (Å²) in [5, 5.41) is 9.65. The van der Waals surface area contributed by atoms with Gasteiger partial charge in [-0.3, -0.25) is 0 Å². The van der Waals surface area contributed by atoms with Crippen molar-refractivity contribution >= 4 is 94.1 Å². The molecular weight excluding hydrogens is 833 g/mol. The minimum atomic E-state index is -0.580. The van der Waals surface area contributed by atoms with Crippen LogP contribution in [0.1, 0.15) is 22.3 Å². The zero-order chi connectivity index (χ0) is 43.8. The van der Waals surface area contributed by atoms with Crippen LogP contribution in [0.25, 0.3) is 82.1 Å². The normalized spacial score (nSPS) is 14.9. The molecule has 0 saturated carbocycles. The summed E-state index contributed by atoms with van der Waals surface area (Å²) < 4.78 is 8.87. The molecule has 1 aliphatic heterocycles. The maximum atomic E-state index is 6.43. The standard InChI is InChI=1S/C63H38N2OS/c1-2-18-44-39(14-1)15-13-27-55(44)65-56-26-8-4-20-46(56)49-36-41(30-33-57(49)65)64(42-31-34-59-50(37-42)47-21-5-9-28-58(47)66-59)43-32-35-61-54(38-43)63(52-24-7-10-29-60(52)67-61)51-23-6-3-19-45(51)48-22-11-16-40-17-12-25-53(63)62(40)48/h1-38H. The van der Waals surface area contributed by atoms with Crippen LogP contribution in [0.2, 0.25) is 0 Å². The van der Waals surface area contributed by atoms with Gasteiger partial charge in [0.25, 0.3) is 0 Å². The van der Waals surface area contributed by atoms with Gasteiger partial charge in [0, 0.05) is 53.8 Å². The van der Waals surface area contributed by atoms with Gasteiger partial charge in [-0.2, -0.15) is 0 Å². The smallest absolute Gasteiger partial charge is 0.135 e. The van der Waals surface area contributed by atoms with Crippen LogP contribution in [0.5, 0.6) is 0 Å². The highest BCUT2D eigenvalue weighted by Gasteiger charge is 2.48. The monoisotopic (exact) mass is 870 g/mol. The second-order valence-electron chi connectivity index (χ2n) is 17.9. The van der Waals surface area contributed by atoms with E-state index in [1.54, 1.807) is 0 Å². The van der Waals surface area contributed by atoms with E-state index in [-0.39, 0.29) is 0 Å². The summed E-state index contributed by atoms with van der Waals surface area (Å²) in [6.45, 7) is 0. The fourth-order valence-electron chi connectivity index (χ4n) is 11.9. The van der Waals surface area contributed by atoms with Crippen molar-refractivity contribution in [3.63, 3.8) is 0 Å². The Bertz CT molecular complexity index is 4220. The molecule has 11 aromatic carbocycles. The number of anilines is 3. The summed E-state index contributed by atoms with van der Waals surface area (Å²) in [5.74, 6) is 0. The Hall–Kier alpha value is -8.31. The highest BCUT2D eigenvalue weighted by Crippen LogP contribution is 2.62. The number of para-hydroxylation sites is 2. The molecule has 1 aliphatic carbocycles. The van der Waals surface area contributed by atoms with Crippen LogP contribution in [-0.4, -0.2) is 4.57 Å². The van der Waals surface area contributed by atoms with Crippen LogP contribution < -0.4 is 4.90 Å². The predicted molar refractivity (Wildman–Crippen MR) is 279 cm³/mol. The van der Waals surface area contributed by atoms with E-state index in [9.17, 15) is 0 Å². The lowest BCUT2D eigenvalue weighted by atomic mass is 9.59. The van der Waals surface area contributed by atoms with Crippen molar-refractivity contribution in [2.24, 2.45) is 0 Å². The molecule has 15 rings (SSSR count). The molecule has 0 bridgehead atoms. The fraction of sp³-hybridized carbons (Fsp3) is 0.0159. The zero-order valence-electron chi connectivity index (χ0n) is 36.2. The Kier molecular flexibility index (Phi) is 7.64. The zero-order valence-corrected chi connectivity index (χ0v) is 37.0. The molecule has 2 aliphatic rings. The van der Waals surface area contributed by atoms with Gasteiger partial charge in [0.1, 0.15) is 11.2 Å². The summed E-state index contributed by atoms with van der Waals surface area (Å²) in [7, 11) is 0. The molecule has 3 heterocycles. The Balaban J connectivity index is 1.02. The first-order valence-corrected chi connectivity index (χ1v) is 23.8. The minimum Gasteiger partial charge on any atom is -0.456 e. The highest BCUT2D eigenvalue weighted by atomic mass is 32.2. The molecule has 2 aromatic heterocycles. The summed E-state index contributed by atoms with van der Waals surface area (Å²) in [6.07, 6.45) is 0. The number of aromatic nitrogens is 1. The Morgan fingerprint density at radius 2 is 0.970 bits per heavy atom. The van der Waals surface area contributed by atoms with Crippen molar-refractivity contribution in [2.45, 2.75) is 15.2 Å². The van der Waals surface area contributed by atoms with Gasteiger partial charge in [-0.15, -0.1) is 0 Å². The maximum absolute atomic E-state index is 6.43. The van der Waals surface area contributed by atoms with Crippen molar-refractivity contribution in [1.82, 2.24) is 4.57 Å². The summed E-state index contributed by atoms with van der Waals surface area (Å²) in [5.41, 5.74) is 15.8. The Labute approximate surface area is 390 Å². The molecule has 1 atom stereocenters. The van der Waals surface area contributed by atoms with Gasteiger partial charge in [-0.25, -0.2) is 0 Å². The lowest BCUT2D eigenvalue weighted by Crippen LogP contribution is -2.36. The minimum absolute atomic E-state index is 0.580. The molecule has 1 unspecified atom stereocenters. The van der Waals surface area contributed by atoms with E-state index in [1.165, 1.54) is 92.2 Å².